The normalized spacial score (nSPS) is 20.1. The van der Waals surface area contributed by atoms with E-state index < -0.39 is 17.7 Å². The minimum Gasteiger partial charge on any atom is -0.392 e. The van der Waals surface area contributed by atoms with Gasteiger partial charge in [0.1, 0.15) is 11.6 Å². The first-order valence-electron chi connectivity index (χ1n) is 5.69. The van der Waals surface area contributed by atoms with Crippen molar-refractivity contribution >= 4 is 11.6 Å². The molecule has 0 unspecified atom stereocenters. The van der Waals surface area contributed by atoms with Gasteiger partial charge in [-0.05, 0) is 18.6 Å². The third kappa shape index (κ3) is 3.48. The number of carbonyl (C=O) groups excluding carboxylic acids is 1. The van der Waals surface area contributed by atoms with Gasteiger partial charge < -0.3 is 10.4 Å². The second-order valence-electron chi connectivity index (χ2n) is 4.38. The molecule has 1 aliphatic rings. The smallest absolute Gasteiger partial charge is 0.238 e. The number of anilines is 1. The molecule has 4 nitrogen and oxygen atoms in total. The third-order valence-corrected chi connectivity index (χ3v) is 2.76. The molecule has 1 saturated heterocycles. The van der Waals surface area contributed by atoms with Crippen LogP contribution >= 0.6 is 0 Å². The van der Waals surface area contributed by atoms with Gasteiger partial charge in [0.2, 0.25) is 5.91 Å². The molecule has 98 valence electrons. The molecule has 0 bridgehead atoms. The lowest BCUT2D eigenvalue weighted by Crippen LogP contribution is -2.32. The second kappa shape index (κ2) is 5.41. The maximum atomic E-state index is 12.9. The Kier molecular flexibility index (Phi) is 3.88. The Balaban J connectivity index is 1.90. The number of nitrogens with one attached hydrogen (secondary N) is 1. The van der Waals surface area contributed by atoms with E-state index in [0.717, 1.165) is 18.2 Å². The Morgan fingerprint density at radius 2 is 2.06 bits per heavy atom. The van der Waals surface area contributed by atoms with E-state index in [1.165, 1.54) is 0 Å². The number of nitrogens with zero attached hydrogens (tertiary/aromatic N) is 1. The first-order chi connectivity index (χ1) is 8.52. The summed E-state index contributed by atoms with van der Waals surface area (Å²) in [5, 5.41) is 11.7. The molecule has 18 heavy (non-hydrogen) atoms. The number of amides is 1. The van der Waals surface area contributed by atoms with Gasteiger partial charge in [-0.25, -0.2) is 8.78 Å². The topological polar surface area (TPSA) is 52.6 Å². The summed E-state index contributed by atoms with van der Waals surface area (Å²) in [5.74, 6) is -1.82. The molecule has 2 N–H and O–H groups in total. The molecular weight excluding hydrogens is 242 g/mol. The standard InChI is InChI=1S/C12H14F2N2O2/c13-8-3-9(14)5-10(4-8)15-12(18)7-16-2-1-11(17)6-16/h3-5,11,17H,1-2,6-7H2,(H,15,18)/t11-/m1/s1. The molecule has 1 amide bonds. The highest BCUT2D eigenvalue weighted by Gasteiger charge is 2.21. The van der Waals surface area contributed by atoms with Gasteiger partial charge in [0.05, 0.1) is 12.6 Å². The van der Waals surface area contributed by atoms with E-state index in [2.05, 4.69) is 5.32 Å². The quantitative estimate of drug-likeness (QED) is 0.847. The highest BCUT2D eigenvalue weighted by atomic mass is 19.1. The molecule has 2 rings (SSSR count). The van der Waals surface area contributed by atoms with Crippen molar-refractivity contribution in [1.82, 2.24) is 4.90 Å². The highest BCUT2D eigenvalue weighted by Crippen LogP contribution is 2.13. The molecule has 0 aromatic heterocycles. The third-order valence-electron chi connectivity index (χ3n) is 2.76. The number of β-amino-alcohol motifs (C(OH)–C–C–N with tert-alkyl or cyclic N) is 1. The minimum atomic E-state index is -0.734. The molecule has 1 atom stereocenters. The van der Waals surface area contributed by atoms with Crippen LogP contribution in [0.15, 0.2) is 18.2 Å². The van der Waals surface area contributed by atoms with Gasteiger partial charge in [0.25, 0.3) is 0 Å². The number of benzene rings is 1. The Morgan fingerprint density at radius 1 is 1.39 bits per heavy atom. The molecular formula is C12H14F2N2O2. The van der Waals surface area contributed by atoms with Crippen LogP contribution in [-0.2, 0) is 4.79 Å². The first kappa shape index (κ1) is 12.9. The van der Waals surface area contributed by atoms with Crippen molar-refractivity contribution in [2.24, 2.45) is 0 Å². The van der Waals surface area contributed by atoms with Crippen molar-refractivity contribution in [3.8, 4) is 0 Å². The van der Waals surface area contributed by atoms with Crippen LogP contribution in [0.3, 0.4) is 0 Å². The number of likely N-dealkylation sites (tertiary alicyclic amines) is 1. The zero-order valence-electron chi connectivity index (χ0n) is 9.70. The van der Waals surface area contributed by atoms with Crippen LogP contribution in [0, 0.1) is 11.6 Å². The van der Waals surface area contributed by atoms with E-state index in [0.29, 0.717) is 19.5 Å². The van der Waals surface area contributed by atoms with Crippen molar-refractivity contribution in [3.63, 3.8) is 0 Å². The fraction of sp³-hybridized carbons (Fsp3) is 0.417. The summed E-state index contributed by atoms with van der Waals surface area (Å²) < 4.78 is 25.8. The lowest BCUT2D eigenvalue weighted by atomic mass is 10.3. The van der Waals surface area contributed by atoms with Crippen LogP contribution < -0.4 is 5.32 Å². The van der Waals surface area contributed by atoms with Gasteiger partial charge in [0.15, 0.2) is 0 Å². The number of halogens is 2. The van der Waals surface area contributed by atoms with Gasteiger partial charge in [-0.2, -0.15) is 0 Å². The molecule has 1 aromatic rings. The van der Waals surface area contributed by atoms with E-state index in [1.54, 1.807) is 4.90 Å². The van der Waals surface area contributed by atoms with E-state index in [1.807, 2.05) is 0 Å². The van der Waals surface area contributed by atoms with Crippen LogP contribution in [-0.4, -0.2) is 41.7 Å². The average Bonchev–Trinajstić information content (AvgIpc) is 2.61. The van der Waals surface area contributed by atoms with E-state index in [9.17, 15) is 18.7 Å². The summed E-state index contributed by atoms with van der Waals surface area (Å²) in [6.45, 7) is 1.20. The number of aliphatic hydroxyl groups excluding tert-OH is 1. The summed E-state index contributed by atoms with van der Waals surface area (Å²) in [6.07, 6.45) is 0.242. The molecule has 1 aromatic carbocycles. The fourth-order valence-corrected chi connectivity index (χ4v) is 1.99. The molecule has 0 spiro atoms. The second-order valence-corrected chi connectivity index (χ2v) is 4.38. The largest absolute Gasteiger partial charge is 0.392 e. The van der Waals surface area contributed by atoms with Crippen LogP contribution in [0.5, 0.6) is 0 Å². The van der Waals surface area contributed by atoms with Crippen LogP contribution in [0.4, 0.5) is 14.5 Å². The fourth-order valence-electron chi connectivity index (χ4n) is 1.99. The SMILES string of the molecule is O=C(CN1CC[C@@H](O)C1)Nc1cc(F)cc(F)c1. The lowest BCUT2D eigenvalue weighted by Gasteiger charge is -2.14. The minimum absolute atomic E-state index is 0.0947. The average molecular weight is 256 g/mol. The van der Waals surface area contributed by atoms with Crippen molar-refractivity contribution < 1.29 is 18.7 Å². The molecule has 0 saturated carbocycles. The van der Waals surface area contributed by atoms with E-state index in [4.69, 9.17) is 0 Å². The number of hydrogen-bond acceptors (Lipinski definition) is 3. The molecule has 0 aliphatic carbocycles. The number of hydrogen-bond donors (Lipinski definition) is 2. The first-order valence-corrected chi connectivity index (χ1v) is 5.69. The zero-order valence-corrected chi connectivity index (χ0v) is 9.70. The summed E-state index contributed by atoms with van der Waals surface area (Å²) in [6, 6.07) is 2.85. The maximum absolute atomic E-state index is 12.9. The van der Waals surface area contributed by atoms with Crippen LogP contribution in [0.1, 0.15) is 6.42 Å². The van der Waals surface area contributed by atoms with Gasteiger partial charge in [-0.15, -0.1) is 0 Å². The van der Waals surface area contributed by atoms with Crippen molar-refractivity contribution in [1.29, 1.82) is 0 Å². The number of carbonyl (C=O) groups is 1. The van der Waals surface area contributed by atoms with Crippen molar-refractivity contribution in [3.05, 3.63) is 29.8 Å². The van der Waals surface area contributed by atoms with Gasteiger partial charge >= 0.3 is 0 Å². The lowest BCUT2D eigenvalue weighted by molar-refractivity contribution is -0.117. The Bertz CT molecular complexity index is 433. The predicted molar refractivity (Wildman–Crippen MR) is 62.1 cm³/mol. The van der Waals surface area contributed by atoms with E-state index in [-0.39, 0.29) is 18.1 Å². The predicted octanol–water partition coefficient (Wildman–Crippen LogP) is 0.970. The maximum Gasteiger partial charge on any atom is 0.238 e. The van der Waals surface area contributed by atoms with Crippen molar-refractivity contribution in [2.75, 3.05) is 25.0 Å². The summed E-state index contributed by atoms with van der Waals surface area (Å²) in [5.41, 5.74) is 0.0947. The van der Waals surface area contributed by atoms with E-state index >= 15 is 0 Å². The Morgan fingerprint density at radius 3 is 2.61 bits per heavy atom. The van der Waals surface area contributed by atoms with Gasteiger partial charge in [0, 0.05) is 24.8 Å². The van der Waals surface area contributed by atoms with Gasteiger partial charge in [-0.1, -0.05) is 0 Å². The molecule has 0 radical (unpaired) electrons. The number of aliphatic hydroxyl groups is 1. The Labute approximate surface area is 103 Å². The Hall–Kier alpha value is -1.53. The van der Waals surface area contributed by atoms with Gasteiger partial charge in [-0.3, -0.25) is 9.69 Å². The summed E-state index contributed by atoms with van der Waals surface area (Å²) >= 11 is 0. The zero-order chi connectivity index (χ0) is 13.1. The van der Waals surface area contributed by atoms with Crippen molar-refractivity contribution in [2.45, 2.75) is 12.5 Å². The summed E-state index contributed by atoms with van der Waals surface area (Å²) in [4.78, 5) is 13.4. The molecule has 1 fully saturated rings. The number of rotatable bonds is 3. The molecule has 6 heteroatoms. The monoisotopic (exact) mass is 256 g/mol. The molecule has 1 heterocycles. The molecule has 1 aliphatic heterocycles. The van der Waals surface area contributed by atoms with Crippen LogP contribution in [0.2, 0.25) is 0 Å². The summed E-state index contributed by atoms with van der Waals surface area (Å²) in [7, 11) is 0. The highest BCUT2D eigenvalue weighted by molar-refractivity contribution is 5.92. The van der Waals surface area contributed by atoms with Crippen LogP contribution in [0.25, 0.3) is 0 Å².